The summed E-state index contributed by atoms with van der Waals surface area (Å²) in [6, 6.07) is 0. The molecule has 2 fully saturated rings. The number of anilines is 1. The van der Waals surface area contributed by atoms with Crippen LogP contribution in [0.15, 0.2) is 10.4 Å². The van der Waals surface area contributed by atoms with Gasteiger partial charge < -0.3 is 4.90 Å². The lowest BCUT2D eigenvalue weighted by molar-refractivity contribution is 0.395. The Balaban J connectivity index is 1.82. The summed E-state index contributed by atoms with van der Waals surface area (Å²) in [5.74, 6) is 0. The fourth-order valence-corrected chi connectivity index (χ4v) is 4.05. The van der Waals surface area contributed by atoms with E-state index in [1.54, 1.807) is 0 Å². The molecule has 0 amide bonds. The van der Waals surface area contributed by atoms with Crippen molar-refractivity contribution >= 4 is 26.5 Å². The number of hydrogen-bond donors (Lipinski definition) is 1. The SMILES string of the molecule is NS(=O)(=O)c1cnc(N2CCCC3(CC3)C2)s1. The first-order valence-corrected chi connectivity index (χ1v) is 8.08. The highest BCUT2D eigenvalue weighted by atomic mass is 32.2. The number of nitrogens with two attached hydrogens (primary N) is 1. The predicted molar refractivity (Wildman–Crippen MR) is 66.6 cm³/mol. The lowest BCUT2D eigenvalue weighted by Crippen LogP contribution is -2.36. The number of aromatic nitrogens is 1. The van der Waals surface area contributed by atoms with E-state index >= 15 is 0 Å². The van der Waals surface area contributed by atoms with Crippen LogP contribution in [0, 0.1) is 5.41 Å². The Labute approximate surface area is 105 Å². The number of thiazole rings is 1. The lowest BCUT2D eigenvalue weighted by atomic mass is 9.95. The second-order valence-corrected chi connectivity index (χ2v) is 7.83. The van der Waals surface area contributed by atoms with Gasteiger partial charge in [0.05, 0.1) is 6.20 Å². The predicted octanol–water partition coefficient (Wildman–Crippen LogP) is 1.17. The minimum atomic E-state index is -3.60. The summed E-state index contributed by atoms with van der Waals surface area (Å²) >= 11 is 1.18. The monoisotopic (exact) mass is 273 g/mol. The number of rotatable bonds is 2. The van der Waals surface area contributed by atoms with Crippen LogP contribution in [0.4, 0.5) is 5.13 Å². The Morgan fingerprint density at radius 1 is 1.41 bits per heavy atom. The van der Waals surface area contributed by atoms with Gasteiger partial charge in [0.2, 0.25) is 10.0 Å². The molecule has 94 valence electrons. The summed E-state index contributed by atoms with van der Waals surface area (Å²) < 4.78 is 22.6. The molecule has 1 aromatic rings. The molecule has 5 nitrogen and oxygen atoms in total. The van der Waals surface area contributed by atoms with Crippen LogP contribution < -0.4 is 10.0 Å². The Hall–Kier alpha value is -0.660. The largest absolute Gasteiger partial charge is 0.348 e. The molecule has 0 bridgehead atoms. The average Bonchev–Trinajstić information content (AvgIpc) is 2.83. The highest BCUT2D eigenvalue weighted by Crippen LogP contribution is 2.52. The minimum Gasteiger partial charge on any atom is -0.348 e. The average molecular weight is 273 g/mol. The van der Waals surface area contributed by atoms with Crippen molar-refractivity contribution in [1.82, 2.24) is 4.98 Å². The number of nitrogens with zero attached hydrogens (tertiary/aromatic N) is 2. The maximum Gasteiger partial charge on any atom is 0.249 e. The van der Waals surface area contributed by atoms with E-state index < -0.39 is 10.0 Å². The molecular weight excluding hydrogens is 258 g/mol. The smallest absolute Gasteiger partial charge is 0.249 e. The molecule has 0 atom stereocenters. The molecule has 2 heterocycles. The van der Waals surface area contributed by atoms with Crippen LogP contribution >= 0.6 is 11.3 Å². The van der Waals surface area contributed by atoms with E-state index in [0.717, 1.165) is 18.2 Å². The quantitative estimate of drug-likeness (QED) is 0.877. The Morgan fingerprint density at radius 2 is 2.18 bits per heavy atom. The molecule has 0 unspecified atom stereocenters. The summed E-state index contributed by atoms with van der Waals surface area (Å²) in [5, 5.41) is 5.88. The van der Waals surface area contributed by atoms with Crippen LogP contribution in [0.1, 0.15) is 25.7 Å². The van der Waals surface area contributed by atoms with Gasteiger partial charge in [-0.05, 0) is 31.1 Å². The van der Waals surface area contributed by atoms with Gasteiger partial charge in [-0.2, -0.15) is 0 Å². The standard InChI is InChI=1S/C10H15N3O2S2/c11-17(14,15)8-6-12-9(16-8)13-5-1-2-10(7-13)3-4-10/h6H,1-5,7H2,(H2,11,14,15). The van der Waals surface area contributed by atoms with Gasteiger partial charge in [0.15, 0.2) is 9.34 Å². The fourth-order valence-electron chi connectivity index (χ4n) is 2.48. The van der Waals surface area contributed by atoms with Gasteiger partial charge in [0, 0.05) is 13.1 Å². The van der Waals surface area contributed by atoms with E-state index in [4.69, 9.17) is 5.14 Å². The second-order valence-electron chi connectivity index (χ2n) is 5.03. The maximum absolute atomic E-state index is 11.2. The van der Waals surface area contributed by atoms with Crippen LogP contribution in [-0.2, 0) is 10.0 Å². The first kappa shape index (κ1) is 11.4. The van der Waals surface area contributed by atoms with Gasteiger partial charge in [-0.1, -0.05) is 11.3 Å². The summed E-state index contributed by atoms with van der Waals surface area (Å²) in [4.78, 5) is 6.39. The molecule has 1 aliphatic heterocycles. The fraction of sp³-hybridized carbons (Fsp3) is 0.700. The van der Waals surface area contributed by atoms with E-state index in [9.17, 15) is 8.42 Å². The van der Waals surface area contributed by atoms with Crippen LogP contribution in [0.3, 0.4) is 0 Å². The van der Waals surface area contributed by atoms with Gasteiger partial charge in [-0.3, -0.25) is 0 Å². The van der Waals surface area contributed by atoms with Gasteiger partial charge in [0.1, 0.15) is 0 Å². The molecule has 3 rings (SSSR count). The summed E-state index contributed by atoms with van der Waals surface area (Å²) in [5.41, 5.74) is 0.506. The molecular formula is C10H15N3O2S2. The van der Waals surface area contributed by atoms with E-state index in [0.29, 0.717) is 5.41 Å². The molecule has 1 spiro atoms. The van der Waals surface area contributed by atoms with Gasteiger partial charge in [-0.25, -0.2) is 18.5 Å². The van der Waals surface area contributed by atoms with Crippen molar-refractivity contribution in [3.05, 3.63) is 6.20 Å². The highest BCUT2D eigenvalue weighted by molar-refractivity contribution is 7.91. The third-order valence-electron chi connectivity index (χ3n) is 3.64. The number of sulfonamides is 1. The summed E-state index contributed by atoms with van der Waals surface area (Å²) in [6.45, 7) is 1.99. The Morgan fingerprint density at radius 3 is 2.76 bits per heavy atom. The third-order valence-corrected chi connectivity index (χ3v) is 6.11. The molecule has 1 saturated heterocycles. The molecule has 7 heteroatoms. The van der Waals surface area contributed by atoms with Gasteiger partial charge in [0.25, 0.3) is 0 Å². The second kappa shape index (κ2) is 3.66. The van der Waals surface area contributed by atoms with Crippen molar-refractivity contribution in [1.29, 1.82) is 0 Å². The van der Waals surface area contributed by atoms with Crippen molar-refractivity contribution < 1.29 is 8.42 Å². The first-order valence-electron chi connectivity index (χ1n) is 5.72. The molecule has 0 radical (unpaired) electrons. The molecule has 2 N–H and O–H groups in total. The molecule has 1 aromatic heterocycles. The molecule has 1 saturated carbocycles. The molecule has 0 aromatic carbocycles. The van der Waals surface area contributed by atoms with Crippen LogP contribution in [-0.4, -0.2) is 26.5 Å². The first-order chi connectivity index (χ1) is 7.99. The van der Waals surface area contributed by atoms with Crippen molar-refractivity contribution in [3.63, 3.8) is 0 Å². The van der Waals surface area contributed by atoms with E-state index in [2.05, 4.69) is 9.88 Å². The number of piperidine rings is 1. The molecule has 17 heavy (non-hydrogen) atoms. The minimum absolute atomic E-state index is 0.155. The normalized spacial score (nSPS) is 23.0. The zero-order valence-electron chi connectivity index (χ0n) is 9.42. The molecule has 2 aliphatic rings. The van der Waals surface area contributed by atoms with E-state index in [1.165, 1.54) is 43.2 Å². The lowest BCUT2D eigenvalue weighted by Gasteiger charge is -2.32. The summed E-state index contributed by atoms with van der Waals surface area (Å²) in [6.07, 6.45) is 6.44. The van der Waals surface area contributed by atoms with Crippen LogP contribution in [0.25, 0.3) is 0 Å². The third kappa shape index (κ3) is 2.19. The van der Waals surface area contributed by atoms with E-state index in [1.807, 2.05) is 0 Å². The zero-order chi connectivity index (χ0) is 12.1. The number of hydrogen-bond acceptors (Lipinski definition) is 5. The Bertz CT molecular complexity index is 534. The molecule has 1 aliphatic carbocycles. The van der Waals surface area contributed by atoms with Gasteiger partial charge in [-0.15, -0.1) is 0 Å². The van der Waals surface area contributed by atoms with Crippen molar-refractivity contribution in [2.75, 3.05) is 18.0 Å². The maximum atomic E-state index is 11.2. The van der Waals surface area contributed by atoms with Crippen molar-refractivity contribution in [2.24, 2.45) is 10.6 Å². The van der Waals surface area contributed by atoms with Crippen LogP contribution in [0.2, 0.25) is 0 Å². The van der Waals surface area contributed by atoms with E-state index in [-0.39, 0.29) is 4.21 Å². The Kier molecular flexibility index (Phi) is 2.46. The van der Waals surface area contributed by atoms with Crippen LogP contribution in [0.5, 0.6) is 0 Å². The highest BCUT2D eigenvalue weighted by Gasteiger charge is 2.45. The van der Waals surface area contributed by atoms with Gasteiger partial charge >= 0.3 is 0 Å². The van der Waals surface area contributed by atoms with Crippen molar-refractivity contribution in [3.8, 4) is 0 Å². The number of primary sulfonamides is 1. The van der Waals surface area contributed by atoms with Crippen molar-refractivity contribution in [2.45, 2.75) is 29.9 Å². The summed E-state index contributed by atoms with van der Waals surface area (Å²) in [7, 11) is -3.60. The topological polar surface area (TPSA) is 76.3 Å². The zero-order valence-corrected chi connectivity index (χ0v) is 11.1.